The minimum Gasteiger partial charge on any atom is -0.481 e. The number of carbonyl (C=O) groups is 4. The molecule has 0 unspecified atom stereocenters. The SMILES string of the molecule is C=C(C)[C@@H]1CC[C@]2(C(=O)N3CCN(C(=O)/C=C/c4ccc(OCOC)c(OCOC)c4)CC3)CC[C@]3(C)[C@H](CC[C@@H]4[C@@]5(C)CC[C@H](OC(=O)CC(C)(C)C(=O)O)C(C)(C)[C@@H]5CC[C@]43C)[C@@H]12. The molecule has 5 saturated carbocycles. The summed E-state index contributed by atoms with van der Waals surface area (Å²) >= 11 is 0. The molecule has 1 N–H and O–H groups in total. The summed E-state index contributed by atoms with van der Waals surface area (Å²) in [4.78, 5) is 57.7. The van der Waals surface area contributed by atoms with Crippen molar-refractivity contribution in [2.24, 2.45) is 62.1 Å². The van der Waals surface area contributed by atoms with Crippen LogP contribution in [0.1, 0.15) is 132 Å². The number of fused-ring (bicyclic) bond motifs is 7. The van der Waals surface area contributed by atoms with Gasteiger partial charge in [0.15, 0.2) is 25.1 Å². The molecule has 1 aromatic carbocycles. The number of amides is 2. The zero-order valence-corrected chi connectivity index (χ0v) is 41.1. The molecule has 0 radical (unpaired) electrons. The average molecular weight is 903 g/mol. The molecule has 0 bridgehead atoms. The first-order valence-corrected chi connectivity index (χ1v) is 24.3. The number of rotatable bonds is 14. The van der Waals surface area contributed by atoms with E-state index in [0.717, 1.165) is 69.8 Å². The maximum atomic E-state index is 15.3. The van der Waals surface area contributed by atoms with E-state index in [1.807, 2.05) is 11.0 Å². The first-order chi connectivity index (χ1) is 30.6. The number of ether oxygens (including phenoxy) is 5. The average Bonchev–Trinajstić information content (AvgIpc) is 3.66. The third kappa shape index (κ3) is 8.54. The Morgan fingerprint density at radius 2 is 1.46 bits per heavy atom. The molecule has 10 atom stereocenters. The van der Waals surface area contributed by atoms with E-state index in [9.17, 15) is 19.5 Å². The lowest BCUT2D eigenvalue weighted by Gasteiger charge is -2.73. The number of hydrogen-bond acceptors (Lipinski definition) is 9. The summed E-state index contributed by atoms with van der Waals surface area (Å²) in [5.74, 6) is 1.61. The van der Waals surface area contributed by atoms with Gasteiger partial charge in [-0.05, 0) is 155 Å². The molecule has 65 heavy (non-hydrogen) atoms. The molecule has 1 heterocycles. The number of nitrogens with zero attached hydrogens (tertiary/aromatic N) is 2. The standard InChI is InChI=1S/C53H78N2O10/c1-34(2)36-18-23-53(46(58)55-28-26-54(27-29-55)43(56)17-13-35-12-15-38(63-32-61-10)39(30-35)64-33-62-11)25-24-51(8)37(45(36)53)14-16-41-50(7)21-20-42(65-44(57)31-48(3,4)47(59)60)49(5,6)40(50)19-22-52(41,51)9/h12-13,15,17,30,36-37,40-42,45H,1,14,16,18-29,31-33H2,2-11H3,(H,59,60)/b17-13+/t36-,37+,40-,41+,42-,45+,50-,51+,52+,53-/m0/s1. The van der Waals surface area contributed by atoms with Crippen molar-refractivity contribution < 1.29 is 48.0 Å². The van der Waals surface area contributed by atoms with Gasteiger partial charge >= 0.3 is 11.9 Å². The minimum atomic E-state index is -1.17. The number of carbonyl (C=O) groups excluding carboxylic acids is 3. The Hall–Kier alpha value is -3.90. The Labute approximate surface area is 388 Å². The van der Waals surface area contributed by atoms with Gasteiger partial charge in [-0.25, -0.2) is 0 Å². The third-order valence-electron chi connectivity index (χ3n) is 18.8. The van der Waals surface area contributed by atoms with Gasteiger partial charge < -0.3 is 38.6 Å². The summed E-state index contributed by atoms with van der Waals surface area (Å²) in [5, 5.41) is 9.67. The highest BCUT2D eigenvalue weighted by molar-refractivity contribution is 5.92. The van der Waals surface area contributed by atoms with Crippen LogP contribution in [0.3, 0.4) is 0 Å². The first kappa shape index (κ1) is 49.0. The monoisotopic (exact) mass is 903 g/mol. The van der Waals surface area contributed by atoms with Crippen LogP contribution in [0.5, 0.6) is 11.5 Å². The molecule has 0 spiro atoms. The predicted molar refractivity (Wildman–Crippen MR) is 249 cm³/mol. The van der Waals surface area contributed by atoms with Gasteiger partial charge in [-0.15, -0.1) is 0 Å². The second-order valence-corrected chi connectivity index (χ2v) is 22.8. The molecule has 0 aromatic heterocycles. The van der Waals surface area contributed by atoms with E-state index in [1.54, 1.807) is 52.4 Å². The predicted octanol–water partition coefficient (Wildman–Crippen LogP) is 9.41. The van der Waals surface area contributed by atoms with Gasteiger partial charge in [-0.3, -0.25) is 19.2 Å². The molecule has 6 aliphatic rings. The lowest BCUT2D eigenvalue weighted by Crippen LogP contribution is -2.68. The molecule has 12 heteroatoms. The summed E-state index contributed by atoms with van der Waals surface area (Å²) in [5.41, 5.74) is 0.344. The van der Waals surface area contributed by atoms with Crippen molar-refractivity contribution >= 4 is 29.8 Å². The van der Waals surface area contributed by atoms with Crippen LogP contribution in [0.15, 0.2) is 36.4 Å². The van der Waals surface area contributed by atoms with Gasteiger partial charge in [-0.2, -0.15) is 0 Å². The number of allylic oxidation sites excluding steroid dienone is 1. The molecular weight excluding hydrogens is 825 g/mol. The van der Waals surface area contributed by atoms with Gasteiger partial charge in [0.1, 0.15) is 6.10 Å². The molecule has 6 fully saturated rings. The van der Waals surface area contributed by atoms with Crippen LogP contribution < -0.4 is 9.47 Å². The smallest absolute Gasteiger partial charge is 0.309 e. The van der Waals surface area contributed by atoms with Crippen LogP contribution in [-0.4, -0.2) is 98.7 Å². The molecule has 1 aliphatic heterocycles. The highest BCUT2D eigenvalue weighted by Gasteiger charge is 2.72. The van der Waals surface area contributed by atoms with E-state index < -0.39 is 22.8 Å². The number of piperazine rings is 1. The number of aliphatic carboxylic acids is 1. The Balaban J connectivity index is 1.04. The highest BCUT2D eigenvalue weighted by atomic mass is 16.7. The Morgan fingerprint density at radius 3 is 2.11 bits per heavy atom. The highest BCUT2D eigenvalue weighted by Crippen LogP contribution is 2.77. The lowest BCUT2D eigenvalue weighted by molar-refractivity contribution is -0.250. The van der Waals surface area contributed by atoms with Gasteiger partial charge in [0.05, 0.1) is 17.3 Å². The Morgan fingerprint density at radius 1 is 0.800 bits per heavy atom. The molecule has 1 saturated heterocycles. The lowest BCUT2D eigenvalue weighted by atomic mass is 9.32. The zero-order chi connectivity index (χ0) is 47.3. The third-order valence-corrected chi connectivity index (χ3v) is 18.8. The van der Waals surface area contributed by atoms with Crippen molar-refractivity contribution in [1.82, 2.24) is 9.80 Å². The van der Waals surface area contributed by atoms with Gasteiger partial charge in [0.25, 0.3) is 0 Å². The fraction of sp³-hybridized carbons (Fsp3) is 0.736. The number of esters is 1. The Bertz CT molecular complexity index is 2020. The van der Waals surface area contributed by atoms with Crippen molar-refractivity contribution in [1.29, 1.82) is 0 Å². The maximum Gasteiger partial charge on any atom is 0.309 e. The van der Waals surface area contributed by atoms with E-state index in [2.05, 4.69) is 53.0 Å². The second-order valence-electron chi connectivity index (χ2n) is 22.8. The molecule has 5 aliphatic carbocycles. The molecule has 360 valence electrons. The van der Waals surface area contributed by atoms with Crippen LogP contribution in [-0.2, 0) is 33.4 Å². The fourth-order valence-corrected chi connectivity index (χ4v) is 15.2. The molecule has 7 rings (SSSR count). The summed E-state index contributed by atoms with van der Waals surface area (Å²) in [7, 11) is 3.10. The van der Waals surface area contributed by atoms with Crippen LogP contribution in [0, 0.1) is 62.1 Å². The topological polar surface area (TPSA) is 141 Å². The van der Waals surface area contributed by atoms with Gasteiger partial charge in [0.2, 0.25) is 11.8 Å². The molecule has 1 aromatic rings. The van der Waals surface area contributed by atoms with Crippen molar-refractivity contribution in [3.8, 4) is 11.5 Å². The van der Waals surface area contributed by atoms with E-state index in [-0.39, 0.29) is 59.6 Å². The first-order valence-electron chi connectivity index (χ1n) is 24.3. The van der Waals surface area contributed by atoms with E-state index >= 15 is 4.79 Å². The Kier molecular flexibility index (Phi) is 13.8. The quantitative estimate of drug-likeness (QED) is 0.0831. The van der Waals surface area contributed by atoms with Crippen molar-refractivity contribution in [2.75, 3.05) is 54.0 Å². The molecular formula is C53H78N2O10. The van der Waals surface area contributed by atoms with E-state index in [1.165, 1.54) is 5.57 Å². The summed E-state index contributed by atoms with van der Waals surface area (Å²) < 4.78 is 27.7. The zero-order valence-electron chi connectivity index (χ0n) is 41.1. The van der Waals surface area contributed by atoms with Gasteiger partial charge in [0, 0.05) is 51.9 Å². The fourth-order valence-electron chi connectivity index (χ4n) is 15.2. The van der Waals surface area contributed by atoms with Crippen LogP contribution in [0.2, 0.25) is 0 Å². The largest absolute Gasteiger partial charge is 0.481 e. The number of benzene rings is 1. The second kappa shape index (κ2) is 18.3. The van der Waals surface area contributed by atoms with Gasteiger partial charge in [-0.1, -0.05) is 52.8 Å². The molecule has 2 amide bonds. The van der Waals surface area contributed by atoms with Crippen LogP contribution in [0.25, 0.3) is 6.08 Å². The maximum absolute atomic E-state index is 15.3. The van der Waals surface area contributed by atoms with Crippen molar-refractivity contribution in [3.63, 3.8) is 0 Å². The normalized spacial score (nSPS) is 35.3. The van der Waals surface area contributed by atoms with Crippen LogP contribution >= 0.6 is 0 Å². The van der Waals surface area contributed by atoms with Crippen molar-refractivity contribution in [3.05, 3.63) is 42.0 Å². The number of methoxy groups -OCH3 is 2. The van der Waals surface area contributed by atoms with E-state index in [0.29, 0.717) is 67.3 Å². The summed E-state index contributed by atoms with van der Waals surface area (Å²) in [6, 6.07) is 5.44. The minimum absolute atomic E-state index is 0.0514. The summed E-state index contributed by atoms with van der Waals surface area (Å²) in [6.45, 7) is 24.4. The van der Waals surface area contributed by atoms with Crippen molar-refractivity contribution in [2.45, 2.75) is 132 Å². The molecule has 12 nitrogen and oxygen atoms in total. The number of carboxylic acids is 1. The van der Waals surface area contributed by atoms with E-state index in [4.69, 9.17) is 23.7 Å². The summed E-state index contributed by atoms with van der Waals surface area (Å²) in [6.07, 6.45) is 12.9. The number of hydrogen-bond donors (Lipinski definition) is 1. The number of carboxylic acid groups (broad SMARTS) is 1. The van der Waals surface area contributed by atoms with Crippen LogP contribution in [0.4, 0.5) is 0 Å².